The molecule has 0 amide bonds. The third kappa shape index (κ3) is 13.8. The van der Waals surface area contributed by atoms with Crippen molar-refractivity contribution < 1.29 is 63.2 Å². The number of allylic oxidation sites excluding steroid dienone is 3. The fraction of sp³-hybridized carbons (Fsp3) is 0.870. The van der Waals surface area contributed by atoms with Crippen molar-refractivity contribution in [2.45, 2.75) is 167 Å². The molecule has 15 heteroatoms. The van der Waals surface area contributed by atoms with Gasteiger partial charge < -0.3 is 63.4 Å². The van der Waals surface area contributed by atoms with Gasteiger partial charge in [-0.05, 0) is 90.9 Å². The average Bonchev–Trinajstić information content (AvgIpc) is 3.19. The van der Waals surface area contributed by atoms with E-state index in [-0.39, 0.29) is 24.7 Å². The van der Waals surface area contributed by atoms with Crippen LogP contribution in [0.3, 0.4) is 0 Å². The molecule has 4 aliphatic heterocycles. The molecule has 0 aromatic rings. The largest absolute Gasteiger partial charge is 0.462 e. The summed E-state index contributed by atoms with van der Waals surface area (Å²) < 4.78 is 42.6. The van der Waals surface area contributed by atoms with E-state index in [2.05, 4.69) is 18.7 Å². The van der Waals surface area contributed by atoms with Gasteiger partial charge in [0.05, 0.1) is 49.6 Å². The van der Waals surface area contributed by atoms with E-state index in [0.29, 0.717) is 31.1 Å². The first kappa shape index (κ1) is 51.8. The van der Waals surface area contributed by atoms with Crippen molar-refractivity contribution in [1.29, 1.82) is 0 Å². The Kier molecular flexibility index (Phi) is 20.3. The molecule has 19 atom stereocenters. The van der Waals surface area contributed by atoms with Crippen LogP contribution in [-0.2, 0) is 42.7 Å². The fourth-order valence-electron chi connectivity index (χ4n) is 10.0. The number of likely N-dealkylation sites (N-methyl/N-ethyl adjacent to an activating group) is 1. The molecule has 3 fully saturated rings. The lowest BCUT2D eigenvalue weighted by atomic mass is 9.79. The van der Waals surface area contributed by atoms with Crippen LogP contribution in [-0.4, -0.2) is 176 Å². The summed E-state index contributed by atoms with van der Waals surface area (Å²) in [5, 5.41) is 45.3. The molecule has 4 rings (SSSR count). The van der Waals surface area contributed by atoms with E-state index < -0.39 is 103 Å². The highest BCUT2D eigenvalue weighted by Gasteiger charge is 2.48. The predicted molar refractivity (Wildman–Crippen MR) is 229 cm³/mol. The first-order valence-corrected chi connectivity index (χ1v) is 22.6. The lowest BCUT2D eigenvalue weighted by Gasteiger charge is -2.47. The zero-order valence-electron chi connectivity index (χ0n) is 38.9. The quantitative estimate of drug-likeness (QED) is 0.209. The number of aliphatic hydroxyl groups is 4. The van der Waals surface area contributed by atoms with Crippen molar-refractivity contribution in [3.8, 4) is 0 Å². The molecule has 0 aromatic carbocycles. The fourth-order valence-corrected chi connectivity index (χ4v) is 10.0. The third-order valence-corrected chi connectivity index (χ3v) is 13.5. The van der Waals surface area contributed by atoms with Crippen molar-refractivity contribution in [2.24, 2.45) is 35.5 Å². The van der Waals surface area contributed by atoms with Gasteiger partial charge in [-0.15, -0.1) is 0 Å². The average molecular weight is 869 g/mol. The number of cyclic esters (lactones) is 1. The standard InChI is InChI=1S/C46H80N2O13/c1-13-36-33(24-57-46-44(56-12)43(55-11)40(53)31(8)59-46)19-25(2)14-15-34(49)28(5)20-32(16-17-48-22-26(3)18-27(4)23-48)42(29(6)35(50)21-37(51)60-36)61-45-41(54)38(47(9)10)39(52)30(7)58-45/h14-15,19,26-33,35-36,38-46,50,52-54H,13,16-18,20-24H2,1-12H3/t26-,27+,28-,29+,30-,31-,32?,33-,35-,36-,38+,39-,40-,41-,42-,43-,44-,45+,46-/m1/s1. The molecular formula is C46H80N2O13. The van der Waals surface area contributed by atoms with E-state index in [1.807, 2.05) is 33.8 Å². The number of likely N-dealkylation sites (tertiary alicyclic amines) is 1. The zero-order chi connectivity index (χ0) is 45.3. The Bertz CT molecular complexity index is 1420. The number of piperidine rings is 1. The summed E-state index contributed by atoms with van der Waals surface area (Å²) in [6, 6.07) is -0.684. The number of esters is 1. The summed E-state index contributed by atoms with van der Waals surface area (Å²) >= 11 is 0. The molecule has 4 N–H and O–H groups in total. The summed E-state index contributed by atoms with van der Waals surface area (Å²) in [6.07, 6.45) is -2.96. The van der Waals surface area contributed by atoms with Crippen LogP contribution in [0.15, 0.2) is 23.8 Å². The van der Waals surface area contributed by atoms with Gasteiger partial charge >= 0.3 is 5.97 Å². The van der Waals surface area contributed by atoms with Crippen LogP contribution >= 0.6 is 0 Å². The highest BCUT2D eigenvalue weighted by molar-refractivity contribution is 5.91. The van der Waals surface area contributed by atoms with E-state index in [4.69, 9.17) is 33.2 Å². The maximum absolute atomic E-state index is 14.0. The van der Waals surface area contributed by atoms with Crippen LogP contribution in [0.5, 0.6) is 0 Å². The van der Waals surface area contributed by atoms with E-state index >= 15 is 0 Å². The monoisotopic (exact) mass is 869 g/mol. The number of aliphatic hydroxyl groups excluding tert-OH is 4. The number of rotatable bonds is 12. The highest BCUT2D eigenvalue weighted by Crippen LogP contribution is 2.36. The maximum atomic E-state index is 14.0. The van der Waals surface area contributed by atoms with Gasteiger partial charge in [0.1, 0.15) is 30.5 Å². The first-order chi connectivity index (χ1) is 28.8. The SMILES string of the molecule is CC[C@H]1OC(=O)C[C@@H](O)[C@H](C)[C@@H](O[C@@H]2O[C@H](C)[C@@H](O)[C@H](N(C)C)[C@H]2O)C(CCN2C[C@H](C)C[C@H](C)C2)C[C@@H](C)C(=O)C=CC(C)=C[C@@H]1CO[C@@H]1O[C@H](C)[C@@H](O)[C@@H](OC)[C@H]1OC. The number of carbonyl (C=O) groups excluding carboxylic acids is 2. The maximum Gasteiger partial charge on any atom is 0.308 e. The number of hydrogen-bond donors (Lipinski definition) is 4. The lowest BCUT2D eigenvalue weighted by molar-refractivity contribution is -0.304. The molecule has 0 aromatic heterocycles. The van der Waals surface area contributed by atoms with Gasteiger partial charge in [0, 0.05) is 45.1 Å². The summed E-state index contributed by atoms with van der Waals surface area (Å²) in [4.78, 5) is 32.1. The summed E-state index contributed by atoms with van der Waals surface area (Å²) in [5.41, 5.74) is 0.761. The smallest absolute Gasteiger partial charge is 0.308 e. The minimum Gasteiger partial charge on any atom is -0.462 e. The minimum absolute atomic E-state index is 0.0427. The summed E-state index contributed by atoms with van der Waals surface area (Å²) in [7, 11) is 6.54. The Labute approximate surface area is 365 Å². The van der Waals surface area contributed by atoms with Gasteiger partial charge in [-0.2, -0.15) is 0 Å². The second-order valence-corrected chi connectivity index (χ2v) is 18.9. The Morgan fingerprint density at radius 1 is 0.820 bits per heavy atom. The molecule has 352 valence electrons. The molecule has 15 nitrogen and oxygen atoms in total. The molecular weight excluding hydrogens is 789 g/mol. The van der Waals surface area contributed by atoms with E-state index in [1.54, 1.807) is 45.0 Å². The number of nitrogens with zero attached hydrogens (tertiary/aromatic N) is 2. The van der Waals surface area contributed by atoms with Crippen molar-refractivity contribution >= 4 is 11.8 Å². The van der Waals surface area contributed by atoms with Crippen LogP contribution in [0.1, 0.15) is 87.5 Å². The Balaban J connectivity index is 1.68. The number of ketones is 1. The van der Waals surface area contributed by atoms with Crippen molar-refractivity contribution in [1.82, 2.24) is 9.80 Å². The number of methoxy groups -OCH3 is 2. The van der Waals surface area contributed by atoms with E-state index in [1.165, 1.54) is 20.6 Å². The van der Waals surface area contributed by atoms with Gasteiger partial charge in [0.25, 0.3) is 0 Å². The normalized spacial score (nSPS) is 43.0. The second-order valence-electron chi connectivity index (χ2n) is 18.9. The van der Waals surface area contributed by atoms with Crippen LogP contribution in [0.4, 0.5) is 0 Å². The molecule has 0 spiro atoms. The van der Waals surface area contributed by atoms with Crippen molar-refractivity contribution in [3.05, 3.63) is 23.8 Å². The minimum atomic E-state index is -1.23. The van der Waals surface area contributed by atoms with Gasteiger partial charge in [-0.3, -0.25) is 9.59 Å². The van der Waals surface area contributed by atoms with E-state index in [9.17, 15) is 30.0 Å². The van der Waals surface area contributed by atoms with Gasteiger partial charge in [-0.1, -0.05) is 52.3 Å². The van der Waals surface area contributed by atoms with Gasteiger partial charge in [0.2, 0.25) is 0 Å². The van der Waals surface area contributed by atoms with Crippen LogP contribution in [0.2, 0.25) is 0 Å². The molecule has 61 heavy (non-hydrogen) atoms. The highest BCUT2D eigenvalue weighted by atomic mass is 16.7. The molecule has 0 saturated carbocycles. The van der Waals surface area contributed by atoms with Crippen LogP contribution < -0.4 is 0 Å². The number of carbonyl (C=O) groups is 2. The first-order valence-electron chi connectivity index (χ1n) is 22.6. The molecule has 1 unspecified atom stereocenters. The van der Waals surface area contributed by atoms with Crippen LogP contribution in [0, 0.1) is 35.5 Å². The summed E-state index contributed by atoms with van der Waals surface area (Å²) in [6.45, 7) is 18.2. The van der Waals surface area contributed by atoms with Crippen molar-refractivity contribution in [2.75, 3.05) is 54.6 Å². The molecule has 0 bridgehead atoms. The van der Waals surface area contributed by atoms with Gasteiger partial charge in [0.15, 0.2) is 18.4 Å². The van der Waals surface area contributed by atoms with E-state index in [0.717, 1.165) is 25.2 Å². The third-order valence-electron chi connectivity index (χ3n) is 13.5. The Morgan fingerprint density at radius 3 is 2.05 bits per heavy atom. The number of ether oxygens (including phenoxy) is 7. The van der Waals surface area contributed by atoms with Gasteiger partial charge in [-0.25, -0.2) is 0 Å². The van der Waals surface area contributed by atoms with Crippen molar-refractivity contribution in [3.63, 3.8) is 0 Å². The second kappa shape index (κ2) is 23.9. The Morgan fingerprint density at radius 2 is 1.44 bits per heavy atom. The predicted octanol–water partition coefficient (Wildman–Crippen LogP) is 3.34. The molecule has 0 aliphatic carbocycles. The molecule has 4 aliphatic rings. The molecule has 3 saturated heterocycles. The molecule has 0 radical (unpaired) electrons. The topological polar surface area (TPSA) is 186 Å². The molecule has 4 heterocycles. The lowest BCUT2D eigenvalue weighted by Crippen LogP contribution is -2.63. The Hall–Kier alpha value is -1.86. The number of hydrogen-bond acceptors (Lipinski definition) is 15. The summed E-state index contributed by atoms with van der Waals surface area (Å²) in [5.74, 6) is -1.46. The zero-order valence-corrected chi connectivity index (χ0v) is 38.9. The van der Waals surface area contributed by atoms with Crippen LogP contribution in [0.25, 0.3) is 0 Å².